The van der Waals surface area contributed by atoms with Gasteiger partial charge in [0.05, 0.1) is 19.4 Å². The molecule has 2 aromatic rings. The largest absolute Gasteiger partial charge is 0.497 e. The maximum Gasteiger partial charge on any atom is 0.118 e. The summed E-state index contributed by atoms with van der Waals surface area (Å²) in [6.45, 7) is 0. The van der Waals surface area contributed by atoms with E-state index in [4.69, 9.17) is 21.1 Å². The van der Waals surface area contributed by atoms with E-state index in [1.165, 1.54) is 9.79 Å². The van der Waals surface area contributed by atoms with Gasteiger partial charge in [-0.15, -0.1) is 35.1 Å². The van der Waals surface area contributed by atoms with Gasteiger partial charge in [0.25, 0.3) is 0 Å². The van der Waals surface area contributed by atoms with Crippen LogP contribution in [0, 0.1) is 0 Å². The number of halogens is 1. The van der Waals surface area contributed by atoms with Crippen molar-refractivity contribution in [2.24, 2.45) is 0 Å². The summed E-state index contributed by atoms with van der Waals surface area (Å²) in [5.41, 5.74) is 0. The summed E-state index contributed by atoms with van der Waals surface area (Å²) < 4.78 is 10.0. The lowest BCUT2D eigenvalue weighted by Gasteiger charge is -1.99. The Morgan fingerprint density at radius 1 is 0.818 bits per heavy atom. The van der Waals surface area contributed by atoms with Gasteiger partial charge in [-0.2, -0.15) is 0 Å². The highest BCUT2D eigenvalue weighted by Crippen LogP contribution is 2.21. The molecule has 0 heterocycles. The van der Waals surface area contributed by atoms with E-state index in [2.05, 4.69) is 6.26 Å². The zero-order valence-corrected chi connectivity index (χ0v) is 14.7. The number of rotatable bonds is 5. The molecule has 0 amide bonds. The van der Waals surface area contributed by atoms with Crippen LogP contribution in [0.2, 0.25) is 0 Å². The number of benzene rings is 2. The molecule has 0 unspecified atom stereocenters. The van der Waals surface area contributed by atoms with E-state index in [-0.39, 0.29) is 7.43 Å². The molecule has 0 bridgehead atoms. The average molecular weight is 361 g/mol. The van der Waals surface area contributed by atoms with Crippen molar-refractivity contribution in [3.63, 3.8) is 0 Å². The van der Waals surface area contributed by atoms with Gasteiger partial charge in [-0.05, 0) is 54.8 Å². The van der Waals surface area contributed by atoms with E-state index in [0.717, 1.165) is 11.5 Å². The first-order valence-corrected chi connectivity index (χ1v) is 8.98. The summed E-state index contributed by atoms with van der Waals surface area (Å²) in [4.78, 5) is 2.43. The van der Waals surface area contributed by atoms with Crippen LogP contribution in [0.25, 0.3) is 0 Å². The second-order valence-corrected chi connectivity index (χ2v) is 6.32. The van der Waals surface area contributed by atoms with Crippen LogP contribution in [0.5, 0.6) is 11.5 Å². The highest BCUT2D eigenvalue weighted by Gasteiger charge is 1.92. The van der Waals surface area contributed by atoms with E-state index in [1.54, 1.807) is 37.7 Å². The van der Waals surface area contributed by atoms with E-state index in [0.29, 0.717) is 5.21 Å². The van der Waals surface area contributed by atoms with Crippen molar-refractivity contribution in [3.05, 3.63) is 48.5 Å². The second kappa shape index (κ2) is 12.6. The monoisotopic (exact) mass is 360 g/mol. The van der Waals surface area contributed by atoms with Crippen molar-refractivity contribution in [2.45, 2.75) is 17.2 Å². The lowest BCUT2D eigenvalue weighted by molar-refractivity contribution is 0.414. The van der Waals surface area contributed by atoms with Crippen molar-refractivity contribution in [2.75, 3.05) is 25.7 Å². The van der Waals surface area contributed by atoms with Gasteiger partial charge >= 0.3 is 0 Å². The Labute approximate surface area is 147 Å². The average Bonchev–Trinajstić information content (AvgIpc) is 2.56. The lowest BCUT2D eigenvalue weighted by atomic mass is 10.3. The van der Waals surface area contributed by atoms with Gasteiger partial charge in [0, 0.05) is 9.79 Å². The van der Waals surface area contributed by atoms with Gasteiger partial charge in [0.1, 0.15) is 11.5 Å². The van der Waals surface area contributed by atoms with Crippen molar-refractivity contribution in [1.82, 2.24) is 0 Å². The molecule has 0 saturated carbocycles. The first kappa shape index (κ1) is 21.0. The summed E-state index contributed by atoms with van der Waals surface area (Å²) in [6, 6.07) is 15.9. The zero-order chi connectivity index (χ0) is 15.5. The van der Waals surface area contributed by atoms with Crippen LogP contribution in [0.3, 0.4) is 0 Å². The van der Waals surface area contributed by atoms with Crippen molar-refractivity contribution in [3.8, 4) is 11.5 Å². The molecule has 2 nitrogen and oxygen atoms in total. The summed E-state index contributed by atoms with van der Waals surface area (Å²) in [5.74, 6) is 1.79. The molecule has 22 heavy (non-hydrogen) atoms. The minimum absolute atomic E-state index is 0. The van der Waals surface area contributed by atoms with E-state index in [9.17, 15) is 0 Å². The first-order chi connectivity index (χ1) is 10.2. The van der Waals surface area contributed by atoms with Crippen LogP contribution in [0.15, 0.2) is 58.3 Å². The normalized spacial score (nSPS) is 9.09. The smallest absolute Gasteiger partial charge is 0.118 e. The molecule has 122 valence electrons. The molecule has 0 radical (unpaired) electrons. The standard InChI is InChI=1S/C8H9ClOS.C8H10OS.CH4/c1-10-7-2-4-8(5-3-7)11-6-9;1-9-7-3-5-8(10-2)6-4-7;/h2-5H,6H2,1H3;3-6H,1-2H3;1H4/i6+1;2+1;. The molecule has 0 aliphatic heterocycles. The highest BCUT2D eigenvalue weighted by atomic mass is 35.5. The van der Waals surface area contributed by atoms with Crippen LogP contribution in [0.1, 0.15) is 7.43 Å². The van der Waals surface area contributed by atoms with Crippen LogP contribution in [-0.4, -0.2) is 25.7 Å². The maximum absolute atomic E-state index is 5.54. The summed E-state index contributed by atoms with van der Waals surface area (Å²) >= 11 is 8.88. The van der Waals surface area contributed by atoms with Crippen molar-refractivity contribution >= 4 is 35.1 Å². The predicted octanol–water partition coefficient (Wildman–Crippen LogP) is 6.04. The fraction of sp³-hybridized carbons (Fsp3) is 0.294. The van der Waals surface area contributed by atoms with Gasteiger partial charge in [-0.3, -0.25) is 0 Å². The Kier molecular flexibility index (Phi) is 12.0. The van der Waals surface area contributed by atoms with Crippen molar-refractivity contribution in [1.29, 1.82) is 0 Å². The number of alkyl halides is 1. The lowest BCUT2D eigenvalue weighted by Crippen LogP contribution is -1.80. The summed E-state index contributed by atoms with van der Waals surface area (Å²) in [7, 11) is 3.33. The summed E-state index contributed by atoms with van der Waals surface area (Å²) in [6.07, 6.45) is 2.06. The molecule has 2 rings (SSSR count). The molecule has 0 spiro atoms. The third-order valence-electron chi connectivity index (χ3n) is 2.58. The van der Waals surface area contributed by atoms with Gasteiger partial charge in [-0.25, -0.2) is 0 Å². The Morgan fingerprint density at radius 3 is 1.55 bits per heavy atom. The number of hydrogen-bond donors (Lipinski definition) is 0. The number of ether oxygens (including phenoxy) is 2. The van der Waals surface area contributed by atoms with E-state index >= 15 is 0 Å². The van der Waals surface area contributed by atoms with E-state index < -0.39 is 0 Å². The molecule has 0 N–H and O–H groups in total. The Balaban J connectivity index is 0.000000385. The predicted molar refractivity (Wildman–Crippen MR) is 101 cm³/mol. The highest BCUT2D eigenvalue weighted by molar-refractivity contribution is 8.00. The first-order valence-electron chi connectivity index (χ1n) is 6.24. The fourth-order valence-electron chi connectivity index (χ4n) is 1.45. The number of thioether (sulfide) groups is 2. The SMILES string of the molecule is C.COc1ccc(S[13CH2]Cl)cc1.COc1ccc(S[13CH3])cc1. The molecule has 0 aromatic heterocycles. The van der Waals surface area contributed by atoms with Crippen LogP contribution >= 0.6 is 35.1 Å². The van der Waals surface area contributed by atoms with Crippen LogP contribution < -0.4 is 9.47 Å². The van der Waals surface area contributed by atoms with Gasteiger partial charge in [0.15, 0.2) is 0 Å². The fourth-order valence-corrected chi connectivity index (χ4v) is 2.69. The topological polar surface area (TPSA) is 18.5 Å². The number of hydrogen-bond acceptors (Lipinski definition) is 4. The molecule has 0 saturated heterocycles. The Bertz CT molecular complexity index is 478. The molecule has 5 heteroatoms. The minimum atomic E-state index is 0. The van der Waals surface area contributed by atoms with Crippen LogP contribution in [0.4, 0.5) is 0 Å². The Hall–Kier alpha value is -0.970. The zero-order valence-electron chi connectivity index (χ0n) is 12.3. The second-order valence-electron chi connectivity index (χ2n) is 3.81. The van der Waals surface area contributed by atoms with Crippen molar-refractivity contribution < 1.29 is 9.47 Å². The molecule has 0 aliphatic carbocycles. The third kappa shape index (κ3) is 7.87. The molecular weight excluding hydrogens is 338 g/mol. The van der Waals surface area contributed by atoms with Gasteiger partial charge in [-0.1, -0.05) is 7.43 Å². The molecule has 0 fully saturated rings. The molecule has 0 aliphatic rings. The number of methoxy groups -OCH3 is 2. The van der Waals surface area contributed by atoms with Gasteiger partial charge in [0.2, 0.25) is 0 Å². The molecule has 0 atom stereocenters. The van der Waals surface area contributed by atoms with E-state index in [1.807, 2.05) is 48.5 Å². The molecular formula is C17H23ClO2S2. The minimum Gasteiger partial charge on any atom is -0.497 e. The maximum atomic E-state index is 5.54. The Morgan fingerprint density at radius 2 is 1.23 bits per heavy atom. The summed E-state index contributed by atoms with van der Waals surface area (Å²) in [5, 5.41) is 0.590. The third-order valence-corrected chi connectivity index (χ3v) is 4.36. The van der Waals surface area contributed by atoms with Gasteiger partial charge < -0.3 is 9.47 Å². The van der Waals surface area contributed by atoms with Crippen LogP contribution in [-0.2, 0) is 0 Å². The quantitative estimate of drug-likeness (QED) is 0.367. The molecule has 2 aromatic carbocycles.